The van der Waals surface area contributed by atoms with Gasteiger partial charge in [0.2, 0.25) is 0 Å². The first kappa shape index (κ1) is 22.8. The summed E-state index contributed by atoms with van der Waals surface area (Å²) in [7, 11) is 0. The van der Waals surface area contributed by atoms with Crippen molar-refractivity contribution in [2.75, 3.05) is 11.9 Å². The molecule has 0 aliphatic heterocycles. The van der Waals surface area contributed by atoms with Gasteiger partial charge in [0.25, 0.3) is 11.5 Å². The highest BCUT2D eigenvalue weighted by Crippen LogP contribution is 2.37. The lowest BCUT2D eigenvalue weighted by Gasteiger charge is -2.09. The number of nitrogens with one attached hydrogen (secondary N) is 1. The highest BCUT2D eigenvalue weighted by molar-refractivity contribution is 7.21. The minimum atomic E-state index is -0.589. The molecule has 4 rings (SSSR count). The zero-order valence-electron chi connectivity index (χ0n) is 18.1. The van der Waals surface area contributed by atoms with Crippen LogP contribution in [0.2, 0.25) is 0 Å². The maximum Gasteiger partial charge on any atom is 0.341 e. The molecule has 1 N–H and O–H groups in total. The third-order valence-electron chi connectivity index (χ3n) is 5.12. The average Bonchev–Trinajstić information content (AvgIpc) is 3.36. The molecule has 0 atom stereocenters. The molecule has 3 heterocycles. The Morgan fingerprint density at radius 1 is 1.21 bits per heavy atom. The van der Waals surface area contributed by atoms with Gasteiger partial charge in [-0.2, -0.15) is 0 Å². The van der Waals surface area contributed by atoms with Gasteiger partial charge in [-0.1, -0.05) is 12.1 Å². The van der Waals surface area contributed by atoms with E-state index in [9.17, 15) is 18.8 Å². The molecule has 170 valence electrons. The van der Waals surface area contributed by atoms with Crippen LogP contribution in [-0.2, 0) is 11.3 Å². The van der Waals surface area contributed by atoms with Crippen molar-refractivity contribution in [2.45, 2.75) is 27.3 Å². The van der Waals surface area contributed by atoms with E-state index in [1.807, 2.05) is 6.92 Å². The van der Waals surface area contributed by atoms with E-state index < -0.39 is 17.7 Å². The number of esters is 1. The number of aromatic nitrogens is 2. The van der Waals surface area contributed by atoms with E-state index >= 15 is 0 Å². The fourth-order valence-corrected chi connectivity index (χ4v) is 5.45. The Morgan fingerprint density at radius 2 is 1.94 bits per heavy atom. The molecule has 0 saturated heterocycles. The van der Waals surface area contributed by atoms with Crippen LogP contribution in [0.1, 0.15) is 39.4 Å². The molecule has 10 heteroatoms. The Hall–Kier alpha value is -3.37. The highest BCUT2D eigenvalue weighted by Gasteiger charge is 2.25. The van der Waals surface area contributed by atoms with Crippen molar-refractivity contribution in [2.24, 2.45) is 0 Å². The quantitative estimate of drug-likeness (QED) is 0.385. The van der Waals surface area contributed by atoms with E-state index in [4.69, 9.17) is 4.74 Å². The molecular formula is C23H20FN3O4S2. The first-order chi connectivity index (χ1) is 15.8. The average molecular weight is 486 g/mol. The number of hydrogen-bond acceptors (Lipinski definition) is 7. The van der Waals surface area contributed by atoms with Crippen molar-refractivity contribution in [3.8, 4) is 11.1 Å². The third kappa shape index (κ3) is 4.19. The number of carbonyl (C=O) groups is 2. The summed E-state index contributed by atoms with van der Waals surface area (Å²) in [5.74, 6) is -1.43. The van der Waals surface area contributed by atoms with Gasteiger partial charge < -0.3 is 10.1 Å². The fourth-order valence-electron chi connectivity index (χ4n) is 3.46. The van der Waals surface area contributed by atoms with E-state index in [1.165, 1.54) is 34.4 Å². The fraction of sp³-hybridized carbons (Fsp3) is 0.217. The van der Waals surface area contributed by atoms with Crippen LogP contribution < -0.4 is 10.9 Å². The summed E-state index contributed by atoms with van der Waals surface area (Å²) in [5, 5.41) is 5.24. The van der Waals surface area contributed by atoms with E-state index in [-0.39, 0.29) is 17.7 Å². The number of hydrogen-bond donors (Lipinski definition) is 1. The van der Waals surface area contributed by atoms with E-state index in [1.54, 1.807) is 31.4 Å². The number of ether oxygens (including phenoxy) is 1. The number of fused-ring (bicyclic) bond motifs is 1. The Morgan fingerprint density at radius 3 is 2.61 bits per heavy atom. The van der Waals surface area contributed by atoms with Gasteiger partial charge in [0.15, 0.2) is 0 Å². The number of carbonyl (C=O) groups excluding carboxylic acids is 2. The van der Waals surface area contributed by atoms with Crippen LogP contribution in [0.5, 0.6) is 0 Å². The second-order valence-corrected chi connectivity index (χ2v) is 8.99. The van der Waals surface area contributed by atoms with Crippen LogP contribution in [-0.4, -0.2) is 28.0 Å². The summed E-state index contributed by atoms with van der Waals surface area (Å²) in [6, 6.07) is 5.73. The molecule has 3 aromatic heterocycles. The number of amides is 1. The van der Waals surface area contributed by atoms with Crippen molar-refractivity contribution in [3.63, 3.8) is 0 Å². The second-order valence-electron chi connectivity index (χ2n) is 7.11. The minimum Gasteiger partial charge on any atom is -0.462 e. The van der Waals surface area contributed by atoms with Crippen LogP contribution in [0, 0.1) is 12.7 Å². The van der Waals surface area contributed by atoms with Crippen molar-refractivity contribution < 1.29 is 18.7 Å². The largest absolute Gasteiger partial charge is 0.462 e. The Balaban J connectivity index is 1.75. The number of thiophene rings is 2. The molecular weight excluding hydrogens is 465 g/mol. The van der Waals surface area contributed by atoms with E-state index in [0.29, 0.717) is 43.3 Å². The van der Waals surface area contributed by atoms with Gasteiger partial charge >= 0.3 is 5.97 Å². The number of nitrogens with zero attached hydrogens (tertiary/aromatic N) is 2. The zero-order valence-corrected chi connectivity index (χ0v) is 19.7. The van der Waals surface area contributed by atoms with Gasteiger partial charge in [0.1, 0.15) is 21.2 Å². The molecule has 0 aliphatic rings. The van der Waals surface area contributed by atoms with Crippen LogP contribution in [0.4, 0.5) is 9.39 Å². The predicted molar refractivity (Wildman–Crippen MR) is 128 cm³/mol. The lowest BCUT2D eigenvalue weighted by atomic mass is 10.0. The first-order valence-electron chi connectivity index (χ1n) is 10.2. The molecule has 0 bridgehead atoms. The molecule has 0 aliphatic carbocycles. The Kier molecular flexibility index (Phi) is 6.39. The highest BCUT2D eigenvalue weighted by atomic mass is 32.1. The summed E-state index contributed by atoms with van der Waals surface area (Å²) in [6.07, 6.45) is 1.47. The lowest BCUT2D eigenvalue weighted by molar-refractivity contribution is 0.0529. The molecule has 33 heavy (non-hydrogen) atoms. The SMILES string of the molecule is CCOC(=O)c1c(-c2ccc(F)cc2)csc1NC(=O)c1sc2ncn(CC)c(=O)c2c1C. The van der Waals surface area contributed by atoms with E-state index in [0.717, 1.165) is 11.3 Å². The summed E-state index contributed by atoms with van der Waals surface area (Å²) in [5.41, 5.74) is 1.71. The van der Waals surface area contributed by atoms with Gasteiger partial charge in [-0.15, -0.1) is 22.7 Å². The smallest absolute Gasteiger partial charge is 0.341 e. The van der Waals surface area contributed by atoms with Crippen molar-refractivity contribution in [1.82, 2.24) is 9.55 Å². The first-order valence-corrected chi connectivity index (χ1v) is 11.9. The van der Waals surface area contributed by atoms with Crippen LogP contribution in [0.3, 0.4) is 0 Å². The Labute approximate surface area is 196 Å². The summed E-state index contributed by atoms with van der Waals surface area (Å²) < 4.78 is 20.1. The van der Waals surface area contributed by atoms with Gasteiger partial charge in [0, 0.05) is 17.5 Å². The number of anilines is 1. The van der Waals surface area contributed by atoms with E-state index in [2.05, 4.69) is 10.3 Å². The topological polar surface area (TPSA) is 90.3 Å². The van der Waals surface area contributed by atoms with Gasteiger partial charge in [-0.25, -0.2) is 14.2 Å². The molecule has 4 aromatic rings. The van der Waals surface area contributed by atoms with Crippen molar-refractivity contribution in [1.29, 1.82) is 0 Å². The third-order valence-corrected chi connectivity index (χ3v) is 7.21. The van der Waals surface area contributed by atoms with Crippen LogP contribution >= 0.6 is 22.7 Å². The van der Waals surface area contributed by atoms with Crippen molar-refractivity contribution in [3.05, 3.63) is 68.1 Å². The monoisotopic (exact) mass is 485 g/mol. The molecule has 0 radical (unpaired) electrons. The van der Waals surface area contributed by atoms with Crippen LogP contribution in [0.25, 0.3) is 21.3 Å². The van der Waals surface area contributed by atoms with Crippen molar-refractivity contribution >= 4 is 49.8 Å². The minimum absolute atomic E-state index is 0.162. The molecule has 0 saturated carbocycles. The predicted octanol–water partition coefficient (Wildman–Crippen LogP) is 5.08. The number of halogens is 1. The Bertz CT molecular complexity index is 1420. The summed E-state index contributed by atoms with van der Waals surface area (Å²) in [4.78, 5) is 43.7. The second kappa shape index (κ2) is 9.24. The molecule has 7 nitrogen and oxygen atoms in total. The molecule has 0 fully saturated rings. The molecule has 0 spiro atoms. The van der Waals surface area contributed by atoms with Crippen LogP contribution in [0.15, 0.2) is 40.8 Å². The summed E-state index contributed by atoms with van der Waals surface area (Å²) >= 11 is 2.30. The molecule has 1 amide bonds. The lowest BCUT2D eigenvalue weighted by Crippen LogP contribution is -2.19. The number of rotatable bonds is 6. The van der Waals surface area contributed by atoms with Gasteiger partial charge in [-0.3, -0.25) is 14.2 Å². The maximum atomic E-state index is 13.4. The number of aryl methyl sites for hydroxylation is 2. The normalized spacial score (nSPS) is 11.0. The molecule has 1 aromatic carbocycles. The van der Waals surface area contributed by atoms with Gasteiger partial charge in [0.05, 0.1) is 23.2 Å². The number of benzene rings is 1. The molecule has 0 unspecified atom stereocenters. The maximum absolute atomic E-state index is 13.4. The standard InChI is InChI=1S/C23H20FN3O4S2/c1-4-27-11-25-20-16(22(27)29)12(3)18(33-20)19(28)26-21-17(23(30)31-5-2)15(10-32-21)13-6-8-14(24)9-7-13/h6-11H,4-5H2,1-3H3,(H,26,28). The van der Waals surface area contributed by atoms with Gasteiger partial charge in [-0.05, 0) is 44.0 Å². The zero-order chi connectivity index (χ0) is 23.7. The summed E-state index contributed by atoms with van der Waals surface area (Å²) in [6.45, 7) is 5.88.